The van der Waals surface area contributed by atoms with Crippen molar-refractivity contribution in [3.8, 4) is 0 Å². The molecule has 0 amide bonds. The van der Waals surface area contributed by atoms with Gasteiger partial charge in [-0.2, -0.15) is 0 Å². The third kappa shape index (κ3) is 12.9. The van der Waals surface area contributed by atoms with Crippen molar-refractivity contribution in [3.05, 3.63) is 12.2 Å². The van der Waals surface area contributed by atoms with Crippen molar-refractivity contribution in [2.45, 2.75) is 290 Å². The van der Waals surface area contributed by atoms with Gasteiger partial charge in [0.05, 0.1) is 57.3 Å². The molecule has 11 rings (SSSR count). The Bertz CT molecular complexity index is 2680. The van der Waals surface area contributed by atoms with Crippen molar-refractivity contribution in [1.29, 1.82) is 0 Å². The predicted molar refractivity (Wildman–Crippen MR) is 322 cm³/mol. The third-order valence-electron chi connectivity index (χ3n) is 25.8. The smallest absolute Gasteiger partial charge is 0.314 e. The molecule has 0 spiro atoms. The quantitative estimate of drug-likeness (QED) is 0.0345. The normalized spacial score (nSPS) is 55.6. The van der Waals surface area contributed by atoms with Gasteiger partial charge in [0, 0.05) is 5.41 Å². The fourth-order valence-corrected chi connectivity index (χ4v) is 19.9. The van der Waals surface area contributed by atoms with Gasteiger partial charge in [-0.15, -0.1) is 0 Å². The van der Waals surface area contributed by atoms with E-state index in [9.17, 15) is 97.0 Å². The molecule has 11 aliphatic rings. The molecule has 5 saturated carbocycles. The fourth-order valence-electron chi connectivity index (χ4n) is 19.9. The minimum Gasteiger partial charge on any atom is -0.432 e. The van der Waals surface area contributed by atoms with E-state index >= 15 is 4.79 Å². The number of rotatable bonds is 18. The van der Waals surface area contributed by atoms with Gasteiger partial charge >= 0.3 is 5.97 Å². The van der Waals surface area contributed by atoms with Gasteiger partial charge in [0.2, 0.25) is 6.29 Å². The van der Waals surface area contributed by atoms with E-state index in [1.54, 1.807) is 0 Å². The Morgan fingerprint density at radius 3 is 1.64 bits per heavy atom. The van der Waals surface area contributed by atoms with E-state index in [2.05, 4.69) is 27.4 Å². The van der Waals surface area contributed by atoms with Crippen LogP contribution in [0.4, 0.5) is 0 Å². The highest BCUT2D eigenvalue weighted by atomic mass is 16.8. The maximum absolute atomic E-state index is 15.2. The first-order valence-electron chi connectivity index (χ1n) is 34.4. The molecule has 32 heteroatoms. The molecular formula is C65H106O32. The number of carbonyl (C=O) groups excluding carboxylic acids is 1. The molecule has 0 aromatic rings. The summed E-state index contributed by atoms with van der Waals surface area (Å²) >= 11 is 0. The van der Waals surface area contributed by atoms with Crippen LogP contribution in [0, 0.1) is 56.7 Å². The van der Waals surface area contributed by atoms with Crippen molar-refractivity contribution in [1.82, 2.24) is 0 Å². The van der Waals surface area contributed by atoms with Gasteiger partial charge < -0.3 is 154 Å². The molecule has 558 valence electrons. The molecule has 19 N–H and O–H groups in total. The largest absolute Gasteiger partial charge is 0.432 e. The summed E-state index contributed by atoms with van der Waals surface area (Å²) < 4.78 is 71.3. The van der Waals surface area contributed by atoms with E-state index in [1.165, 1.54) is 6.92 Å². The highest BCUT2D eigenvalue weighted by Crippen LogP contribution is 2.78. The second-order valence-electron chi connectivity index (χ2n) is 30.8. The van der Waals surface area contributed by atoms with Crippen molar-refractivity contribution in [2.24, 2.45) is 56.7 Å². The molecule has 0 aromatic carbocycles. The molecule has 6 aliphatic heterocycles. The van der Waals surface area contributed by atoms with E-state index in [-0.39, 0.29) is 52.4 Å². The average molecular weight is 1400 g/mol. The minimum atomic E-state index is -2.06. The lowest BCUT2D eigenvalue weighted by atomic mass is 9.32. The summed E-state index contributed by atoms with van der Waals surface area (Å²) in [4.78, 5) is 15.2. The summed E-state index contributed by atoms with van der Waals surface area (Å²) in [5.74, 6) is -1.01. The molecule has 32 nitrogen and oxygen atoms in total. The van der Waals surface area contributed by atoms with E-state index in [0.29, 0.717) is 44.9 Å². The van der Waals surface area contributed by atoms with Gasteiger partial charge in [0.25, 0.3) is 0 Å². The van der Waals surface area contributed by atoms with Crippen LogP contribution in [-0.4, -0.2) is 327 Å². The number of fused-ring (bicyclic) bond motifs is 7. The Hall–Kier alpha value is -1.99. The Labute approximate surface area is 561 Å². The molecule has 4 unspecified atom stereocenters. The van der Waals surface area contributed by atoms with Gasteiger partial charge in [-0.25, -0.2) is 0 Å². The number of allylic oxidation sites excluding steroid dienone is 1. The molecule has 0 aromatic heterocycles. The van der Waals surface area contributed by atoms with Crippen LogP contribution in [0.3, 0.4) is 0 Å². The first-order chi connectivity index (χ1) is 45.7. The van der Waals surface area contributed by atoms with Crippen LogP contribution < -0.4 is 0 Å². The van der Waals surface area contributed by atoms with E-state index < -0.39 is 234 Å². The molecule has 0 radical (unpaired) electrons. The third-order valence-corrected chi connectivity index (χ3v) is 25.8. The minimum absolute atomic E-state index is 0.0167. The van der Waals surface area contributed by atoms with Crippen LogP contribution in [0.1, 0.15) is 106 Å². The number of aliphatic hydroxyl groups excluding tert-OH is 19. The van der Waals surface area contributed by atoms with Gasteiger partial charge in [-0.05, 0) is 124 Å². The zero-order valence-corrected chi connectivity index (χ0v) is 55.5. The molecule has 40 atom stereocenters. The van der Waals surface area contributed by atoms with Crippen molar-refractivity contribution in [3.63, 3.8) is 0 Å². The van der Waals surface area contributed by atoms with Crippen LogP contribution in [0.25, 0.3) is 0 Å². The number of carbonyl (C=O) groups is 1. The first-order valence-corrected chi connectivity index (χ1v) is 34.4. The molecule has 11 fully saturated rings. The summed E-state index contributed by atoms with van der Waals surface area (Å²) in [7, 11) is 0. The number of ether oxygens (including phenoxy) is 12. The van der Waals surface area contributed by atoms with Crippen LogP contribution in [0.5, 0.6) is 0 Å². The molecular weight excluding hydrogens is 1290 g/mol. The van der Waals surface area contributed by atoms with Crippen LogP contribution in [0.2, 0.25) is 0 Å². The molecule has 6 heterocycles. The predicted octanol–water partition coefficient (Wildman–Crippen LogP) is -5.89. The van der Waals surface area contributed by atoms with Crippen molar-refractivity contribution >= 4 is 5.97 Å². The van der Waals surface area contributed by atoms with Gasteiger partial charge in [0.15, 0.2) is 31.5 Å². The summed E-state index contributed by atoms with van der Waals surface area (Å²) in [5, 5.41) is 206. The Morgan fingerprint density at radius 1 is 0.474 bits per heavy atom. The van der Waals surface area contributed by atoms with Crippen LogP contribution >= 0.6 is 0 Å². The van der Waals surface area contributed by atoms with Gasteiger partial charge in [-0.3, -0.25) is 4.79 Å². The summed E-state index contributed by atoms with van der Waals surface area (Å²) in [6.45, 7) is 13.0. The molecule has 6 saturated heterocycles. The van der Waals surface area contributed by atoms with E-state index in [4.69, 9.17) is 56.8 Å². The number of hydrogen-bond donors (Lipinski definition) is 19. The fraction of sp³-hybridized carbons (Fsp3) is 0.954. The van der Waals surface area contributed by atoms with Crippen LogP contribution in [0.15, 0.2) is 12.2 Å². The second kappa shape index (κ2) is 29.2. The SMILES string of the molecule is C=C(C)[C@@H]1CC[C@]2(C(=O)O[C@@H]3O[C@H](CO[C@@H]4O[C@H](CO)[C@@H](O)[C@H](O)[C@H]4O)[C@@H](O)[C@H](O)[C@H]3O)CC[C@]3(C)C(CCC4[C@@]5(C)CC[C@H](O[C@@H]6OC[C@H](O)[C@H](O)[C@H]6O[C@@H]6O[C@H](C)[C@H](O)[C@H](O[C@@H]7O[C@H](CO)[C@@H](O[C@@H]8O[C@H](CO)[C@@H](O)[C@H](O)[C@H]8O)[C@H](O)[C@H]7O)[C@H]6O)[C@@](C)(CO)C5CC[C@]43C)C12. The molecule has 0 bridgehead atoms. The lowest BCUT2D eigenvalue weighted by molar-refractivity contribution is -0.390. The van der Waals surface area contributed by atoms with E-state index in [1.807, 2.05) is 13.8 Å². The lowest BCUT2D eigenvalue weighted by Gasteiger charge is -2.73. The second-order valence-corrected chi connectivity index (χ2v) is 30.8. The summed E-state index contributed by atoms with van der Waals surface area (Å²) in [5.41, 5.74) is -2.13. The summed E-state index contributed by atoms with van der Waals surface area (Å²) in [6.07, 6.45) is -44.2. The molecule has 5 aliphatic carbocycles. The highest BCUT2D eigenvalue weighted by Gasteiger charge is 2.73. The first kappa shape index (κ1) is 76.1. The Kier molecular flexibility index (Phi) is 22.9. The number of aliphatic hydroxyl groups is 19. The van der Waals surface area contributed by atoms with Crippen molar-refractivity contribution in [2.75, 3.05) is 39.6 Å². The summed E-state index contributed by atoms with van der Waals surface area (Å²) in [6, 6.07) is 0. The van der Waals surface area contributed by atoms with Gasteiger partial charge in [0.1, 0.15) is 134 Å². The topological polar surface area (TPSA) is 512 Å². The Morgan fingerprint density at radius 2 is 1.02 bits per heavy atom. The lowest BCUT2D eigenvalue weighted by Crippen LogP contribution is -2.68. The van der Waals surface area contributed by atoms with Crippen LogP contribution in [-0.2, 0) is 61.6 Å². The standard InChI is InChI=1S/C65H106O32/c1-24(2)26-10-15-65(60(85)97-57-48(82)44(78)41(75)32(92-57)22-87-54-46(80)42(76)39(73)29(18-66)89-54)17-16-63(6)27(36(26)65)8-9-34-61(4)13-12-35(62(5,23-69)33(61)11-14-64(34,63)7)93-59-53(38(72)28(70)21-86-59)96-58-50(84)52(37(71)25(3)88-58)95-56-49(83)45(79)51(31(20-68)91-56)94-55-47(81)43(77)40(74)30(19-67)90-55/h25-59,66-84H,1,8-23H2,2-7H3/t25-,26+,27?,28+,29-,30-,31-,32-,33?,34?,35+,36?,37+,38+,39-,40-,41-,42+,43+,44+,45-,46-,47-,48-,49-,50-,51-,52+,53-,54-,55+,56+,57+,58+,59+,61+,62+,63-,64-,65+/m1/s1. The number of hydrogen-bond acceptors (Lipinski definition) is 32. The zero-order chi connectivity index (χ0) is 70.7. The Balaban J connectivity index is 0.762. The average Bonchev–Trinajstić information content (AvgIpc) is 1.61. The maximum Gasteiger partial charge on any atom is 0.314 e. The monoisotopic (exact) mass is 1400 g/mol. The zero-order valence-electron chi connectivity index (χ0n) is 55.5. The highest BCUT2D eigenvalue weighted by molar-refractivity contribution is 5.78. The van der Waals surface area contributed by atoms with E-state index in [0.717, 1.165) is 24.8 Å². The molecule has 97 heavy (non-hydrogen) atoms. The maximum atomic E-state index is 15.2. The van der Waals surface area contributed by atoms with Crippen molar-refractivity contribution < 1.29 is 159 Å². The van der Waals surface area contributed by atoms with Gasteiger partial charge in [-0.1, -0.05) is 39.8 Å². The number of esters is 1.